The van der Waals surface area contributed by atoms with Crippen molar-refractivity contribution >= 4 is 9.84 Å². The van der Waals surface area contributed by atoms with Crippen molar-refractivity contribution in [3.8, 4) is 0 Å². The minimum atomic E-state index is -3.48. The van der Waals surface area contributed by atoms with Crippen molar-refractivity contribution in [1.82, 2.24) is 15.3 Å². The Bertz CT molecular complexity index is 698. The molecule has 1 atom stereocenters. The number of aromatic nitrogens is 3. The molecule has 8 heteroatoms. The summed E-state index contributed by atoms with van der Waals surface area (Å²) in [5, 5.41) is 6.70. The fourth-order valence-corrected chi connectivity index (χ4v) is 3.41. The van der Waals surface area contributed by atoms with Crippen LogP contribution in [0.4, 0.5) is 0 Å². The van der Waals surface area contributed by atoms with Crippen LogP contribution < -0.4 is 0 Å². The van der Waals surface area contributed by atoms with Gasteiger partial charge < -0.3 is 9.05 Å². The number of rotatable bonds is 6. The maximum Gasteiger partial charge on any atom is 0.244 e. The highest BCUT2D eigenvalue weighted by Gasteiger charge is 2.30. The van der Waals surface area contributed by atoms with Gasteiger partial charge in [0.15, 0.2) is 15.7 Å². The van der Waals surface area contributed by atoms with Crippen molar-refractivity contribution in [1.29, 1.82) is 0 Å². The van der Waals surface area contributed by atoms with Crippen LogP contribution in [0.15, 0.2) is 9.05 Å². The van der Waals surface area contributed by atoms with Crippen LogP contribution in [0.25, 0.3) is 0 Å². The highest BCUT2D eigenvalue weighted by molar-refractivity contribution is 7.90. The van der Waals surface area contributed by atoms with Gasteiger partial charge in [0, 0.05) is 12.0 Å². The van der Waals surface area contributed by atoms with Gasteiger partial charge in [-0.3, -0.25) is 0 Å². The molecule has 2 rings (SSSR count). The Labute approximate surface area is 123 Å². The van der Waals surface area contributed by atoms with Gasteiger partial charge in [0.25, 0.3) is 0 Å². The molecule has 0 amide bonds. The van der Waals surface area contributed by atoms with Crippen molar-refractivity contribution < 1.29 is 17.5 Å². The zero-order chi connectivity index (χ0) is 15.6. The number of sulfone groups is 1. The minimum Gasteiger partial charge on any atom is -0.361 e. The Morgan fingerprint density at radius 3 is 2.48 bits per heavy atom. The van der Waals surface area contributed by atoms with Crippen LogP contribution in [-0.2, 0) is 22.0 Å². The molecule has 0 fully saturated rings. The van der Waals surface area contributed by atoms with Crippen LogP contribution in [0.5, 0.6) is 0 Å². The Morgan fingerprint density at radius 1 is 1.19 bits per heavy atom. The molecule has 0 radical (unpaired) electrons. The molecule has 0 unspecified atom stereocenters. The van der Waals surface area contributed by atoms with Gasteiger partial charge in [-0.2, -0.15) is 4.98 Å². The smallest absolute Gasteiger partial charge is 0.244 e. The topological polar surface area (TPSA) is 99.1 Å². The zero-order valence-corrected chi connectivity index (χ0v) is 13.4. The molecule has 0 spiro atoms. The SMILES string of the molecule is CCCc1noc([C@@H](C)S(=O)(=O)Cc2c(C)noc2C)n1. The zero-order valence-electron chi connectivity index (χ0n) is 12.6. The average molecular weight is 313 g/mol. The lowest BCUT2D eigenvalue weighted by Gasteiger charge is -2.08. The summed E-state index contributed by atoms with van der Waals surface area (Å²) < 4.78 is 35.0. The van der Waals surface area contributed by atoms with Crippen molar-refractivity contribution in [2.24, 2.45) is 0 Å². The Kier molecular flexibility index (Phi) is 4.46. The van der Waals surface area contributed by atoms with Crippen LogP contribution in [0, 0.1) is 13.8 Å². The second-order valence-electron chi connectivity index (χ2n) is 5.05. The van der Waals surface area contributed by atoms with Gasteiger partial charge in [0.1, 0.15) is 11.0 Å². The maximum absolute atomic E-state index is 12.5. The first-order chi connectivity index (χ1) is 9.85. The van der Waals surface area contributed by atoms with Crippen LogP contribution in [-0.4, -0.2) is 23.7 Å². The lowest BCUT2D eigenvalue weighted by molar-refractivity contribution is 0.371. The fraction of sp³-hybridized carbons (Fsp3) is 0.615. The van der Waals surface area contributed by atoms with Crippen molar-refractivity contribution in [3.63, 3.8) is 0 Å². The molecule has 116 valence electrons. The summed E-state index contributed by atoms with van der Waals surface area (Å²) in [5.74, 6) is 1.03. The first-order valence-electron chi connectivity index (χ1n) is 6.81. The summed E-state index contributed by atoms with van der Waals surface area (Å²) >= 11 is 0. The van der Waals surface area contributed by atoms with E-state index in [0.29, 0.717) is 29.3 Å². The second-order valence-corrected chi connectivity index (χ2v) is 7.37. The molecular weight excluding hydrogens is 294 g/mol. The number of nitrogens with zero attached hydrogens (tertiary/aromatic N) is 3. The highest BCUT2D eigenvalue weighted by Crippen LogP contribution is 2.26. The van der Waals surface area contributed by atoms with Crippen LogP contribution in [0.3, 0.4) is 0 Å². The Balaban J connectivity index is 2.22. The summed E-state index contributed by atoms with van der Waals surface area (Å²) in [4.78, 5) is 4.14. The molecule has 0 saturated carbocycles. The molecule has 0 saturated heterocycles. The third-order valence-corrected chi connectivity index (χ3v) is 5.34. The van der Waals surface area contributed by atoms with Crippen molar-refractivity contribution in [2.75, 3.05) is 0 Å². The predicted octanol–water partition coefficient (Wildman–Crippen LogP) is 2.30. The number of hydrogen-bond donors (Lipinski definition) is 0. The monoisotopic (exact) mass is 313 g/mol. The first kappa shape index (κ1) is 15.7. The van der Waals surface area contributed by atoms with E-state index < -0.39 is 15.1 Å². The summed E-state index contributed by atoms with van der Waals surface area (Å²) in [6.45, 7) is 6.96. The molecule has 0 aromatic carbocycles. The fourth-order valence-electron chi connectivity index (χ4n) is 1.95. The van der Waals surface area contributed by atoms with Gasteiger partial charge in [-0.1, -0.05) is 17.2 Å². The van der Waals surface area contributed by atoms with E-state index in [4.69, 9.17) is 9.05 Å². The summed E-state index contributed by atoms with van der Waals surface area (Å²) in [5.41, 5.74) is 1.18. The number of aryl methyl sites for hydroxylation is 3. The molecule has 21 heavy (non-hydrogen) atoms. The van der Waals surface area contributed by atoms with E-state index in [9.17, 15) is 8.42 Å². The molecule has 0 aliphatic rings. The largest absolute Gasteiger partial charge is 0.361 e. The normalized spacial score (nSPS) is 13.5. The molecule has 2 aromatic rings. The lowest BCUT2D eigenvalue weighted by atomic mass is 10.2. The highest BCUT2D eigenvalue weighted by atomic mass is 32.2. The molecule has 2 aromatic heterocycles. The van der Waals surface area contributed by atoms with E-state index in [1.54, 1.807) is 20.8 Å². The van der Waals surface area contributed by atoms with E-state index in [-0.39, 0.29) is 11.6 Å². The third-order valence-electron chi connectivity index (χ3n) is 3.37. The molecule has 0 aliphatic heterocycles. The summed E-state index contributed by atoms with van der Waals surface area (Å²) in [6, 6.07) is 0. The Hall–Kier alpha value is -1.70. The van der Waals surface area contributed by atoms with Crippen LogP contribution >= 0.6 is 0 Å². The minimum absolute atomic E-state index is 0.130. The number of hydrogen-bond acceptors (Lipinski definition) is 7. The molecule has 0 bridgehead atoms. The van der Waals surface area contributed by atoms with Gasteiger partial charge in [-0.25, -0.2) is 8.42 Å². The van der Waals surface area contributed by atoms with Crippen molar-refractivity contribution in [3.05, 3.63) is 28.7 Å². The summed E-state index contributed by atoms with van der Waals surface area (Å²) in [7, 11) is -3.48. The molecule has 0 aliphatic carbocycles. The van der Waals surface area contributed by atoms with Gasteiger partial charge >= 0.3 is 0 Å². The van der Waals surface area contributed by atoms with Crippen molar-refractivity contribution in [2.45, 2.75) is 51.5 Å². The third kappa shape index (κ3) is 3.31. The standard InChI is InChI=1S/C13H19N3O4S/c1-5-6-12-14-13(20-16-12)10(4)21(17,18)7-11-8(2)15-19-9(11)3/h10H,5-7H2,1-4H3/t10-/m1/s1. The van der Waals surface area contributed by atoms with E-state index in [0.717, 1.165) is 6.42 Å². The Morgan fingerprint density at radius 2 is 1.90 bits per heavy atom. The average Bonchev–Trinajstić information content (AvgIpc) is 3.00. The van der Waals surface area contributed by atoms with Crippen LogP contribution in [0.1, 0.15) is 54.3 Å². The molecule has 2 heterocycles. The van der Waals surface area contributed by atoms with Crippen LogP contribution in [0.2, 0.25) is 0 Å². The van der Waals surface area contributed by atoms with Gasteiger partial charge in [-0.15, -0.1) is 0 Å². The van der Waals surface area contributed by atoms with E-state index in [1.165, 1.54) is 0 Å². The van der Waals surface area contributed by atoms with E-state index in [1.807, 2.05) is 6.92 Å². The lowest BCUT2D eigenvalue weighted by Crippen LogP contribution is -2.14. The second kappa shape index (κ2) is 5.97. The quantitative estimate of drug-likeness (QED) is 0.806. The van der Waals surface area contributed by atoms with E-state index >= 15 is 0 Å². The molecular formula is C13H19N3O4S. The maximum atomic E-state index is 12.5. The predicted molar refractivity (Wildman–Crippen MR) is 75.3 cm³/mol. The van der Waals surface area contributed by atoms with Gasteiger partial charge in [0.2, 0.25) is 5.89 Å². The molecule has 7 nitrogen and oxygen atoms in total. The van der Waals surface area contributed by atoms with Gasteiger partial charge in [0.05, 0.1) is 11.4 Å². The molecule has 0 N–H and O–H groups in total. The van der Waals surface area contributed by atoms with Gasteiger partial charge in [-0.05, 0) is 27.2 Å². The van der Waals surface area contributed by atoms with E-state index in [2.05, 4.69) is 15.3 Å². The first-order valence-corrected chi connectivity index (χ1v) is 8.52. The summed E-state index contributed by atoms with van der Waals surface area (Å²) in [6.07, 6.45) is 1.54.